The molecule has 4 aromatic carbocycles. The molecule has 4 heterocycles. The fourth-order valence-electron chi connectivity index (χ4n) is 8.19. The van der Waals surface area contributed by atoms with Crippen molar-refractivity contribution in [1.82, 2.24) is 0 Å². The first-order valence-electron chi connectivity index (χ1n) is 15.1. The van der Waals surface area contributed by atoms with E-state index in [9.17, 15) is 0 Å². The van der Waals surface area contributed by atoms with E-state index in [1.807, 2.05) is 0 Å². The van der Waals surface area contributed by atoms with Crippen LogP contribution in [0.5, 0.6) is 0 Å². The molecule has 0 aromatic heterocycles. The largest absolute Gasteiger partial charge is 0.0622 e. The van der Waals surface area contributed by atoms with Crippen LogP contribution in [0.1, 0.15) is 49.9 Å². The normalized spacial score (nSPS) is 28.1. The monoisotopic (exact) mass is 578 g/mol. The van der Waals surface area contributed by atoms with Crippen molar-refractivity contribution < 1.29 is 0 Å². The highest BCUT2D eigenvalue weighted by Crippen LogP contribution is 2.87. The summed E-state index contributed by atoms with van der Waals surface area (Å²) in [7, 11) is -0.912. The summed E-state index contributed by atoms with van der Waals surface area (Å²) in [6, 6.07) is 45.1. The maximum Gasteiger partial charge on any atom is 0.0198 e. The fraction of sp³-hybridized carbons (Fsp3) is 0.200. The Labute approximate surface area is 253 Å². The minimum absolute atomic E-state index is 0.0684. The molecule has 0 saturated carbocycles. The lowest BCUT2D eigenvalue weighted by atomic mass is 9.72. The third kappa shape index (κ3) is 3.56. The standard InChI is InChI=1S/C40H36P2/c1-27-35(41-25-39(27,3)33(29-17-9-5-10-18-29)37(41)31-21-13-7-14-22-31)36-28(2)40(4)26-42(36)38(32-23-15-8-16-24-32)34(40)30-19-11-6-12-20-30/h5-24H,25-26H2,1-4H3/t39-,40-,41-,42-/m0/s1. The molecule has 0 radical (unpaired) electrons. The summed E-state index contributed by atoms with van der Waals surface area (Å²) >= 11 is 0. The predicted octanol–water partition coefficient (Wildman–Crippen LogP) is 11.7. The smallest absolute Gasteiger partial charge is 0.0198 e. The SMILES string of the molecule is CC1=C(C2=C(C)[C@]3(C)C[P@]2C(c2ccccc2)=C3c2ccccc2)[P@]2C[C@]1(C)C(c1ccccc1)=C2c1ccccc1. The van der Waals surface area contributed by atoms with Gasteiger partial charge in [0.05, 0.1) is 0 Å². The first-order valence-corrected chi connectivity index (χ1v) is 18.2. The Morgan fingerprint density at radius 3 is 1.00 bits per heavy atom. The molecule has 206 valence electrons. The summed E-state index contributed by atoms with van der Waals surface area (Å²) < 4.78 is 0. The van der Waals surface area contributed by atoms with Gasteiger partial charge in [0, 0.05) is 10.8 Å². The van der Waals surface area contributed by atoms with Crippen LogP contribution in [0, 0.1) is 10.8 Å². The summed E-state index contributed by atoms with van der Waals surface area (Å²) in [5, 5.41) is 6.72. The summed E-state index contributed by atoms with van der Waals surface area (Å²) in [4.78, 5) is 0. The summed E-state index contributed by atoms with van der Waals surface area (Å²) in [6.07, 6.45) is 2.48. The molecule has 0 spiro atoms. The van der Waals surface area contributed by atoms with Crippen molar-refractivity contribution in [1.29, 1.82) is 0 Å². The second-order valence-electron chi connectivity index (χ2n) is 12.7. The van der Waals surface area contributed by atoms with Gasteiger partial charge in [-0.25, -0.2) is 0 Å². The van der Waals surface area contributed by atoms with Crippen LogP contribution in [0.2, 0.25) is 0 Å². The van der Waals surface area contributed by atoms with E-state index in [1.54, 1.807) is 43.5 Å². The van der Waals surface area contributed by atoms with Gasteiger partial charge in [0.25, 0.3) is 0 Å². The van der Waals surface area contributed by atoms with E-state index in [4.69, 9.17) is 0 Å². The second-order valence-corrected chi connectivity index (χ2v) is 16.8. The molecular formula is C40H36P2. The Morgan fingerprint density at radius 2 is 0.690 bits per heavy atom. The fourth-order valence-corrected chi connectivity index (χ4v) is 16.4. The maximum absolute atomic E-state index is 2.55. The molecule has 0 fully saturated rings. The zero-order chi connectivity index (χ0) is 28.6. The van der Waals surface area contributed by atoms with Crippen molar-refractivity contribution >= 4 is 37.6 Å². The molecule has 0 aliphatic carbocycles. The van der Waals surface area contributed by atoms with E-state index in [-0.39, 0.29) is 10.8 Å². The Bertz CT molecular complexity index is 1710. The minimum atomic E-state index is -0.456. The Kier molecular flexibility index (Phi) is 6.02. The van der Waals surface area contributed by atoms with Gasteiger partial charge in [0.15, 0.2) is 0 Å². The molecule has 4 bridgehead atoms. The van der Waals surface area contributed by atoms with Gasteiger partial charge in [0.2, 0.25) is 0 Å². The minimum Gasteiger partial charge on any atom is -0.0622 e. The van der Waals surface area contributed by atoms with Gasteiger partial charge in [-0.2, -0.15) is 0 Å². The highest BCUT2D eigenvalue weighted by atomic mass is 31.1. The zero-order valence-corrected chi connectivity index (χ0v) is 26.6. The zero-order valence-electron chi connectivity index (χ0n) is 24.9. The maximum atomic E-state index is 2.55. The van der Waals surface area contributed by atoms with Crippen LogP contribution in [0.25, 0.3) is 21.8 Å². The Balaban J connectivity index is 1.34. The highest BCUT2D eigenvalue weighted by molar-refractivity contribution is 7.79. The van der Waals surface area contributed by atoms with Gasteiger partial charge in [-0.3, -0.25) is 0 Å². The first kappa shape index (κ1) is 26.3. The lowest BCUT2D eigenvalue weighted by Crippen LogP contribution is -2.20. The van der Waals surface area contributed by atoms with Crippen molar-refractivity contribution in [3.63, 3.8) is 0 Å². The predicted molar refractivity (Wildman–Crippen MR) is 185 cm³/mol. The third-order valence-corrected chi connectivity index (χ3v) is 16.7. The van der Waals surface area contributed by atoms with E-state index in [1.165, 1.54) is 34.6 Å². The molecule has 0 saturated heterocycles. The van der Waals surface area contributed by atoms with Crippen LogP contribution in [0.15, 0.2) is 143 Å². The summed E-state index contributed by atoms with van der Waals surface area (Å²) in [6.45, 7) is 10.1. The molecule has 4 atom stereocenters. The molecule has 0 unspecified atom stereocenters. The van der Waals surface area contributed by atoms with Crippen LogP contribution in [0.4, 0.5) is 0 Å². The van der Waals surface area contributed by atoms with Crippen LogP contribution < -0.4 is 0 Å². The van der Waals surface area contributed by atoms with Crippen LogP contribution in [-0.4, -0.2) is 12.3 Å². The van der Waals surface area contributed by atoms with Crippen molar-refractivity contribution in [3.8, 4) is 0 Å². The highest BCUT2D eigenvalue weighted by Gasteiger charge is 2.58. The molecule has 0 amide bonds. The Hall–Kier alpha value is -3.30. The number of rotatable bonds is 5. The van der Waals surface area contributed by atoms with E-state index >= 15 is 0 Å². The number of fused-ring (bicyclic) bond motifs is 4. The molecule has 0 nitrogen and oxygen atoms in total. The van der Waals surface area contributed by atoms with Crippen molar-refractivity contribution in [2.45, 2.75) is 27.7 Å². The van der Waals surface area contributed by atoms with E-state index in [0.717, 1.165) is 0 Å². The second kappa shape index (κ2) is 9.61. The molecular weight excluding hydrogens is 542 g/mol. The number of hydrogen-bond acceptors (Lipinski definition) is 0. The van der Waals surface area contributed by atoms with Gasteiger partial charge in [-0.1, -0.05) is 146 Å². The van der Waals surface area contributed by atoms with Gasteiger partial charge < -0.3 is 0 Å². The first-order chi connectivity index (χ1) is 20.4. The van der Waals surface area contributed by atoms with Gasteiger partial charge in [-0.05, 0) is 96.7 Å². The van der Waals surface area contributed by atoms with Crippen LogP contribution in [-0.2, 0) is 0 Å². The average molecular weight is 579 g/mol. The molecule has 4 aromatic rings. The van der Waals surface area contributed by atoms with E-state index in [2.05, 4.69) is 149 Å². The molecule has 8 rings (SSSR count). The van der Waals surface area contributed by atoms with Crippen molar-refractivity contribution in [2.75, 3.05) is 12.3 Å². The molecule has 2 heteroatoms. The molecule has 4 aliphatic rings. The summed E-state index contributed by atoms with van der Waals surface area (Å²) in [5.41, 5.74) is 12.2. The molecule has 0 N–H and O–H groups in total. The van der Waals surface area contributed by atoms with E-state index in [0.29, 0.717) is 0 Å². The molecule has 42 heavy (non-hydrogen) atoms. The molecule has 4 aliphatic heterocycles. The van der Waals surface area contributed by atoms with Gasteiger partial charge >= 0.3 is 0 Å². The lowest BCUT2D eigenvalue weighted by Gasteiger charge is -2.36. The summed E-state index contributed by atoms with van der Waals surface area (Å²) in [5.74, 6) is 0. The third-order valence-electron chi connectivity index (χ3n) is 10.4. The number of allylic oxidation sites excluding steroid dienone is 6. The van der Waals surface area contributed by atoms with E-state index < -0.39 is 15.8 Å². The quantitative estimate of drug-likeness (QED) is 0.207. The van der Waals surface area contributed by atoms with Gasteiger partial charge in [-0.15, -0.1) is 0 Å². The van der Waals surface area contributed by atoms with Gasteiger partial charge in [0.1, 0.15) is 0 Å². The Morgan fingerprint density at radius 1 is 0.405 bits per heavy atom. The van der Waals surface area contributed by atoms with Crippen molar-refractivity contribution in [2.24, 2.45) is 10.8 Å². The van der Waals surface area contributed by atoms with Crippen LogP contribution >= 0.6 is 15.8 Å². The number of benzene rings is 4. The lowest BCUT2D eigenvalue weighted by molar-refractivity contribution is 0.623. The van der Waals surface area contributed by atoms with Crippen molar-refractivity contribution in [3.05, 3.63) is 165 Å². The number of hydrogen-bond donors (Lipinski definition) is 0. The average Bonchev–Trinajstić information content (AvgIpc) is 3.69. The topological polar surface area (TPSA) is 0 Å². The van der Waals surface area contributed by atoms with Crippen LogP contribution in [0.3, 0.4) is 0 Å².